The van der Waals surface area contributed by atoms with E-state index in [0.29, 0.717) is 37.5 Å². The summed E-state index contributed by atoms with van der Waals surface area (Å²) in [6.07, 6.45) is 0.305. The molecule has 7 heteroatoms. The summed E-state index contributed by atoms with van der Waals surface area (Å²) in [5.41, 5.74) is 0.423. The SMILES string of the molecule is COCCNC(=O)CCNc1cc(C#N)cc(Cl)n1. The summed E-state index contributed by atoms with van der Waals surface area (Å²) >= 11 is 5.76. The van der Waals surface area contributed by atoms with Crippen molar-refractivity contribution in [1.82, 2.24) is 10.3 Å². The molecule has 1 heterocycles. The number of methoxy groups -OCH3 is 1. The van der Waals surface area contributed by atoms with Crippen molar-refractivity contribution in [3.05, 3.63) is 22.8 Å². The van der Waals surface area contributed by atoms with E-state index in [2.05, 4.69) is 15.6 Å². The summed E-state index contributed by atoms with van der Waals surface area (Å²) in [6.45, 7) is 1.39. The van der Waals surface area contributed by atoms with E-state index < -0.39 is 0 Å². The Kier molecular flexibility index (Phi) is 6.64. The van der Waals surface area contributed by atoms with Gasteiger partial charge in [0.1, 0.15) is 11.0 Å². The van der Waals surface area contributed by atoms with Crippen molar-refractivity contribution in [2.24, 2.45) is 0 Å². The number of nitriles is 1. The Morgan fingerprint density at radius 3 is 3.00 bits per heavy atom. The van der Waals surface area contributed by atoms with Crippen LogP contribution in [-0.4, -0.2) is 37.7 Å². The lowest BCUT2D eigenvalue weighted by Crippen LogP contribution is -2.28. The zero-order valence-corrected chi connectivity index (χ0v) is 11.3. The highest BCUT2D eigenvalue weighted by Gasteiger charge is 2.03. The smallest absolute Gasteiger partial charge is 0.221 e. The van der Waals surface area contributed by atoms with Crippen molar-refractivity contribution >= 4 is 23.3 Å². The second-order valence-corrected chi connectivity index (χ2v) is 4.08. The van der Waals surface area contributed by atoms with Crippen LogP contribution in [0.15, 0.2) is 12.1 Å². The maximum Gasteiger partial charge on any atom is 0.221 e. The molecule has 0 aliphatic rings. The molecule has 2 N–H and O–H groups in total. The molecule has 19 heavy (non-hydrogen) atoms. The lowest BCUT2D eigenvalue weighted by atomic mass is 10.3. The van der Waals surface area contributed by atoms with E-state index in [9.17, 15) is 4.79 Å². The number of nitrogens with zero attached hydrogens (tertiary/aromatic N) is 2. The average Bonchev–Trinajstić information content (AvgIpc) is 2.38. The van der Waals surface area contributed by atoms with Gasteiger partial charge >= 0.3 is 0 Å². The Morgan fingerprint density at radius 1 is 1.53 bits per heavy atom. The molecular formula is C12H15ClN4O2. The lowest BCUT2D eigenvalue weighted by molar-refractivity contribution is -0.121. The normalized spacial score (nSPS) is 9.74. The van der Waals surface area contributed by atoms with E-state index in [4.69, 9.17) is 21.6 Å². The summed E-state index contributed by atoms with van der Waals surface area (Å²) in [7, 11) is 1.57. The summed E-state index contributed by atoms with van der Waals surface area (Å²) < 4.78 is 4.82. The second kappa shape index (κ2) is 8.29. The molecular weight excluding hydrogens is 268 g/mol. The molecule has 0 aromatic carbocycles. The predicted molar refractivity (Wildman–Crippen MR) is 72.0 cm³/mol. The van der Waals surface area contributed by atoms with E-state index in [1.54, 1.807) is 13.2 Å². The van der Waals surface area contributed by atoms with Gasteiger partial charge in [0.2, 0.25) is 5.91 Å². The molecule has 0 spiro atoms. The Hall–Kier alpha value is -1.84. The molecule has 0 aliphatic heterocycles. The van der Waals surface area contributed by atoms with Crippen molar-refractivity contribution < 1.29 is 9.53 Å². The number of halogens is 1. The van der Waals surface area contributed by atoms with Crippen molar-refractivity contribution in [2.45, 2.75) is 6.42 Å². The van der Waals surface area contributed by atoms with Crippen molar-refractivity contribution in [3.63, 3.8) is 0 Å². The molecule has 0 fully saturated rings. The Balaban J connectivity index is 2.35. The topological polar surface area (TPSA) is 87.0 Å². The zero-order chi connectivity index (χ0) is 14.1. The zero-order valence-electron chi connectivity index (χ0n) is 10.6. The van der Waals surface area contributed by atoms with Crippen LogP contribution in [0.3, 0.4) is 0 Å². The third-order valence-electron chi connectivity index (χ3n) is 2.21. The number of carbonyl (C=O) groups excluding carboxylic acids is 1. The van der Waals surface area contributed by atoms with Crippen LogP contribution in [-0.2, 0) is 9.53 Å². The summed E-state index contributed by atoms with van der Waals surface area (Å²) in [5.74, 6) is 0.404. The molecule has 102 valence electrons. The highest BCUT2D eigenvalue weighted by molar-refractivity contribution is 6.29. The van der Waals surface area contributed by atoms with E-state index in [0.717, 1.165) is 0 Å². The van der Waals surface area contributed by atoms with Crippen LogP contribution in [0.5, 0.6) is 0 Å². The Morgan fingerprint density at radius 2 is 2.32 bits per heavy atom. The largest absolute Gasteiger partial charge is 0.383 e. The van der Waals surface area contributed by atoms with Gasteiger partial charge in [-0.2, -0.15) is 5.26 Å². The molecule has 1 aromatic rings. The minimum absolute atomic E-state index is 0.0768. The fraction of sp³-hybridized carbons (Fsp3) is 0.417. The maximum absolute atomic E-state index is 11.4. The number of amides is 1. The Labute approximate surface area is 116 Å². The van der Waals surface area contributed by atoms with Crippen molar-refractivity contribution in [1.29, 1.82) is 5.26 Å². The second-order valence-electron chi connectivity index (χ2n) is 3.70. The number of rotatable bonds is 7. The minimum atomic E-state index is -0.0768. The monoisotopic (exact) mass is 282 g/mol. The number of anilines is 1. The first kappa shape index (κ1) is 15.2. The first-order valence-corrected chi connectivity index (χ1v) is 6.10. The van der Waals surface area contributed by atoms with E-state index in [1.807, 2.05) is 6.07 Å². The summed E-state index contributed by atoms with van der Waals surface area (Å²) in [6, 6.07) is 5.04. The van der Waals surface area contributed by atoms with Gasteiger partial charge in [0, 0.05) is 26.6 Å². The number of carbonyl (C=O) groups is 1. The lowest BCUT2D eigenvalue weighted by Gasteiger charge is -2.07. The number of ether oxygens (including phenoxy) is 1. The molecule has 0 saturated carbocycles. The number of pyridine rings is 1. The first-order chi connectivity index (χ1) is 9.15. The molecule has 6 nitrogen and oxygen atoms in total. The number of hydrogen-bond acceptors (Lipinski definition) is 5. The third-order valence-corrected chi connectivity index (χ3v) is 2.40. The fourth-order valence-electron chi connectivity index (χ4n) is 1.34. The van der Waals surface area contributed by atoms with Gasteiger partial charge in [0.15, 0.2) is 0 Å². The molecule has 1 aromatic heterocycles. The van der Waals surface area contributed by atoms with Crippen molar-refractivity contribution in [2.75, 3.05) is 32.1 Å². The van der Waals surface area contributed by atoms with E-state index >= 15 is 0 Å². The molecule has 0 atom stereocenters. The van der Waals surface area contributed by atoms with E-state index in [-0.39, 0.29) is 11.1 Å². The third kappa shape index (κ3) is 6.04. The van der Waals surface area contributed by atoms with Gasteiger partial charge in [-0.3, -0.25) is 4.79 Å². The molecule has 1 amide bonds. The first-order valence-electron chi connectivity index (χ1n) is 5.73. The highest BCUT2D eigenvalue weighted by Crippen LogP contribution is 2.13. The van der Waals surface area contributed by atoms with Gasteiger partial charge in [0.25, 0.3) is 0 Å². The number of hydrogen-bond donors (Lipinski definition) is 2. The Bertz CT molecular complexity index is 473. The van der Waals surface area contributed by atoms with Crippen LogP contribution in [0.4, 0.5) is 5.82 Å². The molecule has 1 rings (SSSR count). The van der Waals surface area contributed by atoms with Gasteiger partial charge in [0.05, 0.1) is 18.2 Å². The van der Waals surface area contributed by atoms with Crippen LogP contribution in [0.2, 0.25) is 5.15 Å². The van der Waals surface area contributed by atoms with E-state index in [1.165, 1.54) is 6.07 Å². The van der Waals surface area contributed by atoms with Gasteiger partial charge in [-0.25, -0.2) is 4.98 Å². The van der Waals surface area contributed by atoms with Crippen LogP contribution in [0, 0.1) is 11.3 Å². The summed E-state index contributed by atoms with van der Waals surface area (Å²) in [5, 5.41) is 14.7. The van der Waals surface area contributed by atoms with Crippen LogP contribution in [0.25, 0.3) is 0 Å². The van der Waals surface area contributed by atoms with Gasteiger partial charge < -0.3 is 15.4 Å². The molecule has 0 bridgehead atoms. The van der Waals surface area contributed by atoms with Crippen LogP contribution < -0.4 is 10.6 Å². The molecule has 0 unspecified atom stereocenters. The van der Waals surface area contributed by atoms with Crippen molar-refractivity contribution in [3.8, 4) is 6.07 Å². The predicted octanol–water partition coefficient (Wildman–Crippen LogP) is 1.17. The average molecular weight is 283 g/mol. The van der Waals surface area contributed by atoms with Crippen LogP contribution >= 0.6 is 11.6 Å². The highest BCUT2D eigenvalue weighted by atomic mass is 35.5. The number of aromatic nitrogens is 1. The summed E-state index contributed by atoms with van der Waals surface area (Å²) in [4.78, 5) is 15.4. The fourth-order valence-corrected chi connectivity index (χ4v) is 1.55. The standard InChI is InChI=1S/C12H15ClN4O2/c1-19-5-4-16-12(18)2-3-15-11-7-9(8-14)6-10(13)17-11/h6-7H,2-5H2,1H3,(H,15,17)(H,16,18). The molecule has 0 aliphatic carbocycles. The number of nitrogens with one attached hydrogen (secondary N) is 2. The molecule has 0 radical (unpaired) electrons. The quantitative estimate of drug-likeness (QED) is 0.579. The maximum atomic E-state index is 11.4. The van der Waals surface area contributed by atoms with Crippen LogP contribution in [0.1, 0.15) is 12.0 Å². The molecule has 0 saturated heterocycles. The van der Waals surface area contributed by atoms with Gasteiger partial charge in [-0.1, -0.05) is 11.6 Å². The van der Waals surface area contributed by atoms with Gasteiger partial charge in [-0.15, -0.1) is 0 Å². The van der Waals surface area contributed by atoms with Gasteiger partial charge in [-0.05, 0) is 12.1 Å². The minimum Gasteiger partial charge on any atom is -0.383 e.